The molecule has 0 aliphatic rings. The van der Waals surface area contributed by atoms with E-state index in [1.54, 1.807) is 6.92 Å². The maximum absolute atomic E-state index is 12.9. The molecule has 0 spiro atoms. The van der Waals surface area contributed by atoms with Gasteiger partial charge in [0.25, 0.3) is 0 Å². The number of alkyl halides is 3. The third-order valence-corrected chi connectivity index (χ3v) is 2.73. The highest BCUT2D eigenvalue weighted by atomic mass is 35.5. The molecule has 0 radical (unpaired) electrons. The number of nitrogens with zero attached hydrogens (tertiary/aromatic N) is 1. The molecule has 17 heavy (non-hydrogen) atoms. The lowest BCUT2D eigenvalue weighted by molar-refractivity contribution is -0.136. The molecule has 0 fully saturated rings. The van der Waals surface area contributed by atoms with Gasteiger partial charge < -0.3 is 0 Å². The summed E-state index contributed by atoms with van der Waals surface area (Å²) in [7, 11) is 0. The van der Waals surface area contributed by atoms with Crippen LogP contribution in [-0.4, -0.2) is 4.98 Å². The minimum absolute atomic E-state index is 0.0437. The first-order valence-electron chi connectivity index (χ1n) is 5.08. The van der Waals surface area contributed by atoms with Crippen molar-refractivity contribution in [3.63, 3.8) is 0 Å². The van der Waals surface area contributed by atoms with E-state index in [0.717, 1.165) is 6.07 Å². The number of rotatable bonds is 1. The van der Waals surface area contributed by atoms with E-state index in [-0.39, 0.29) is 10.4 Å². The molecular weight excluding hydrogens is 251 g/mol. The molecule has 90 valence electrons. The molecule has 0 saturated carbocycles. The summed E-state index contributed by atoms with van der Waals surface area (Å²) in [6.45, 7) is 1.77. The second kappa shape index (κ2) is 4.18. The molecule has 2 aromatic rings. The van der Waals surface area contributed by atoms with Crippen LogP contribution < -0.4 is 0 Å². The second-order valence-electron chi connectivity index (χ2n) is 3.67. The van der Waals surface area contributed by atoms with E-state index in [4.69, 9.17) is 11.6 Å². The third-order valence-electron chi connectivity index (χ3n) is 2.49. The van der Waals surface area contributed by atoms with Crippen LogP contribution in [0.15, 0.2) is 24.3 Å². The first-order valence-corrected chi connectivity index (χ1v) is 5.46. The van der Waals surface area contributed by atoms with Crippen molar-refractivity contribution in [2.24, 2.45) is 0 Å². The molecule has 1 aromatic carbocycles. The Balaban J connectivity index is 2.82. The highest BCUT2D eigenvalue weighted by molar-refractivity contribution is 6.31. The van der Waals surface area contributed by atoms with Gasteiger partial charge in [-0.15, -0.1) is 0 Å². The van der Waals surface area contributed by atoms with E-state index in [2.05, 4.69) is 4.98 Å². The Morgan fingerprint density at radius 2 is 1.94 bits per heavy atom. The minimum atomic E-state index is -4.39. The van der Waals surface area contributed by atoms with Crippen molar-refractivity contribution >= 4 is 22.5 Å². The number of hydrogen-bond donors (Lipinski definition) is 0. The number of benzene rings is 1. The van der Waals surface area contributed by atoms with Gasteiger partial charge in [0.1, 0.15) is 0 Å². The van der Waals surface area contributed by atoms with Crippen LogP contribution in [0.2, 0.25) is 5.02 Å². The van der Waals surface area contributed by atoms with Gasteiger partial charge in [-0.1, -0.05) is 18.5 Å². The minimum Gasteiger partial charge on any atom is -0.253 e. The molecule has 0 saturated heterocycles. The zero-order chi connectivity index (χ0) is 12.6. The Labute approximate surface area is 101 Å². The number of hydrogen-bond acceptors (Lipinski definition) is 1. The van der Waals surface area contributed by atoms with Crippen LogP contribution in [-0.2, 0) is 12.6 Å². The Hall–Kier alpha value is -1.29. The summed E-state index contributed by atoms with van der Waals surface area (Å²) in [4.78, 5) is 4.15. The second-order valence-corrected chi connectivity index (χ2v) is 4.11. The van der Waals surface area contributed by atoms with Gasteiger partial charge in [-0.25, -0.2) is 0 Å². The largest absolute Gasteiger partial charge is 0.417 e. The Kier molecular flexibility index (Phi) is 3.00. The number of aromatic nitrogens is 1. The Morgan fingerprint density at radius 3 is 2.53 bits per heavy atom. The highest BCUT2D eigenvalue weighted by Crippen LogP contribution is 2.35. The quantitative estimate of drug-likeness (QED) is 0.736. The monoisotopic (exact) mass is 259 g/mol. The lowest BCUT2D eigenvalue weighted by Crippen LogP contribution is -2.08. The van der Waals surface area contributed by atoms with Gasteiger partial charge in [0, 0.05) is 16.1 Å². The van der Waals surface area contributed by atoms with Gasteiger partial charge in [0.05, 0.1) is 11.1 Å². The van der Waals surface area contributed by atoms with Crippen LogP contribution >= 0.6 is 11.6 Å². The Morgan fingerprint density at radius 1 is 1.24 bits per heavy atom. The van der Waals surface area contributed by atoms with Crippen LogP contribution in [0.4, 0.5) is 13.2 Å². The van der Waals surface area contributed by atoms with Crippen molar-refractivity contribution in [2.75, 3.05) is 0 Å². The fraction of sp³-hybridized carbons (Fsp3) is 0.250. The van der Waals surface area contributed by atoms with Gasteiger partial charge in [-0.3, -0.25) is 4.98 Å². The van der Waals surface area contributed by atoms with E-state index < -0.39 is 11.7 Å². The highest BCUT2D eigenvalue weighted by Gasteiger charge is 2.33. The molecule has 5 heteroatoms. The first-order chi connectivity index (χ1) is 7.91. The maximum Gasteiger partial charge on any atom is 0.417 e. The predicted octanol–water partition coefficient (Wildman–Crippen LogP) is 4.47. The van der Waals surface area contributed by atoms with Crippen molar-refractivity contribution in [1.82, 2.24) is 4.98 Å². The summed E-state index contributed by atoms with van der Waals surface area (Å²) in [5.74, 6) is 0. The van der Waals surface area contributed by atoms with E-state index in [0.29, 0.717) is 17.6 Å². The molecule has 1 nitrogen and oxygen atoms in total. The zero-order valence-electron chi connectivity index (χ0n) is 8.98. The lowest BCUT2D eigenvalue weighted by atomic mass is 10.1. The van der Waals surface area contributed by atoms with Gasteiger partial charge in [-0.2, -0.15) is 13.2 Å². The Bertz CT molecular complexity index is 563. The van der Waals surface area contributed by atoms with Gasteiger partial charge >= 0.3 is 6.18 Å². The molecule has 0 amide bonds. The standard InChI is InChI=1S/C12H9ClF3N/c1-2-8-6-10(12(14,15)16)9-5-7(13)3-4-11(9)17-8/h3-6H,2H2,1H3. The van der Waals surface area contributed by atoms with Crippen molar-refractivity contribution < 1.29 is 13.2 Å². The summed E-state index contributed by atoms with van der Waals surface area (Å²) in [5, 5.41) is 0.316. The fourth-order valence-corrected chi connectivity index (χ4v) is 1.84. The van der Waals surface area contributed by atoms with Gasteiger partial charge in [0.15, 0.2) is 0 Å². The number of halogens is 4. The van der Waals surface area contributed by atoms with Crippen LogP contribution in [0.1, 0.15) is 18.2 Å². The SMILES string of the molecule is CCc1cc(C(F)(F)F)c2cc(Cl)ccc2n1. The first kappa shape index (κ1) is 12.2. The fourth-order valence-electron chi connectivity index (χ4n) is 1.67. The van der Waals surface area contributed by atoms with Crippen molar-refractivity contribution in [3.05, 3.63) is 40.5 Å². The summed E-state index contributed by atoms with van der Waals surface area (Å²) in [6.07, 6.45) is -3.93. The van der Waals surface area contributed by atoms with Crippen molar-refractivity contribution in [1.29, 1.82) is 0 Å². The molecular formula is C12H9ClF3N. The normalized spacial score (nSPS) is 12.1. The third kappa shape index (κ3) is 2.36. The van der Waals surface area contributed by atoms with E-state index in [1.165, 1.54) is 18.2 Å². The molecule has 2 rings (SSSR count). The van der Waals surface area contributed by atoms with Crippen molar-refractivity contribution in [2.45, 2.75) is 19.5 Å². The van der Waals surface area contributed by atoms with Gasteiger partial charge in [0.2, 0.25) is 0 Å². The average Bonchev–Trinajstić information content (AvgIpc) is 2.26. The van der Waals surface area contributed by atoms with E-state index in [9.17, 15) is 13.2 Å². The average molecular weight is 260 g/mol. The van der Waals surface area contributed by atoms with Crippen LogP contribution in [0.3, 0.4) is 0 Å². The number of fused-ring (bicyclic) bond motifs is 1. The summed E-state index contributed by atoms with van der Waals surface area (Å²) < 4.78 is 38.7. The summed E-state index contributed by atoms with van der Waals surface area (Å²) in [5.41, 5.74) is 0.0649. The summed E-state index contributed by atoms with van der Waals surface area (Å²) in [6, 6.07) is 5.42. The van der Waals surface area contributed by atoms with Crippen molar-refractivity contribution in [3.8, 4) is 0 Å². The molecule has 0 aliphatic carbocycles. The predicted molar refractivity (Wildman–Crippen MR) is 61.1 cm³/mol. The van der Waals surface area contributed by atoms with Gasteiger partial charge in [-0.05, 0) is 30.7 Å². The van der Waals surface area contributed by atoms with Crippen LogP contribution in [0.5, 0.6) is 0 Å². The molecule has 0 atom stereocenters. The summed E-state index contributed by atoms with van der Waals surface area (Å²) >= 11 is 5.72. The lowest BCUT2D eigenvalue weighted by Gasteiger charge is -2.12. The zero-order valence-corrected chi connectivity index (χ0v) is 9.73. The smallest absolute Gasteiger partial charge is 0.253 e. The molecule has 1 aromatic heterocycles. The van der Waals surface area contributed by atoms with Crippen LogP contribution in [0, 0.1) is 0 Å². The number of pyridine rings is 1. The number of aryl methyl sites for hydroxylation is 1. The maximum atomic E-state index is 12.9. The topological polar surface area (TPSA) is 12.9 Å². The van der Waals surface area contributed by atoms with Crippen LogP contribution in [0.25, 0.3) is 10.9 Å². The van der Waals surface area contributed by atoms with E-state index >= 15 is 0 Å². The molecule has 0 bridgehead atoms. The molecule has 0 N–H and O–H groups in total. The molecule has 0 unspecified atom stereocenters. The molecule has 1 heterocycles. The van der Waals surface area contributed by atoms with E-state index in [1.807, 2.05) is 0 Å². The molecule has 0 aliphatic heterocycles.